The Morgan fingerprint density at radius 1 is 1.07 bits per heavy atom. The number of carbonyl (C=O) groups is 1. The summed E-state index contributed by atoms with van der Waals surface area (Å²) in [6, 6.07) is 16.9. The number of hydrogen-bond donors (Lipinski definition) is 5. The predicted molar refractivity (Wildman–Crippen MR) is 100 cm³/mol. The van der Waals surface area contributed by atoms with E-state index < -0.39 is 13.9 Å². The molecule has 0 aliphatic rings. The van der Waals surface area contributed by atoms with Crippen molar-refractivity contribution in [3.8, 4) is 0 Å². The van der Waals surface area contributed by atoms with Gasteiger partial charge in [0.1, 0.15) is 12.6 Å². The molecule has 0 aliphatic heterocycles. The summed E-state index contributed by atoms with van der Waals surface area (Å²) in [5, 5.41) is 1.09. The van der Waals surface area contributed by atoms with Crippen LogP contribution in [0.2, 0.25) is 0 Å². The number of fused-ring (bicyclic) bond motifs is 1. The van der Waals surface area contributed by atoms with Crippen molar-refractivity contribution in [2.45, 2.75) is 19.1 Å². The van der Waals surface area contributed by atoms with Gasteiger partial charge in [-0.05, 0) is 17.2 Å². The van der Waals surface area contributed by atoms with E-state index in [1.54, 1.807) is 0 Å². The second-order valence-corrected chi connectivity index (χ2v) is 6.80. The zero-order valence-corrected chi connectivity index (χ0v) is 15.3. The van der Waals surface area contributed by atoms with Crippen LogP contribution in [0.3, 0.4) is 0 Å². The maximum Gasteiger partial charge on any atom is 0.466 e. The standard InChI is InChI=1S/C18H18N2O2.H3O4P/c19-16(18(21)22-12-13-6-2-1-3-7-13)10-14-11-20-17-9-5-4-8-15(14)17;1-5(2,3)4/h1-9,11,16,20H,10,12,19H2;(H3,1,2,3,4)/t16-;/m0./s1. The zero-order valence-electron chi connectivity index (χ0n) is 14.4. The van der Waals surface area contributed by atoms with Crippen LogP contribution in [0.1, 0.15) is 11.1 Å². The van der Waals surface area contributed by atoms with Gasteiger partial charge in [-0.1, -0.05) is 48.5 Å². The average molecular weight is 392 g/mol. The van der Waals surface area contributed by atoms with E-state index in [9.17, 15) is 4.79 Å². The molecule has 0 bridgehead atoms. The summed E-state index contributed by atoms with van der Waals surface area (Å²) >= 11 is 0. The second-order valence-electron chi connectivity index (χ2n) is 5.78. The molecule has 0 radical (unpaired) electrons. The van der Waals surface area contributed by atoms with E-state index in [0.717, 1.165) is 22.0 Å². The molecule has 3 rings (SSSR count). The van der Waals surface area contributed by atoms with Crippen LogP contribution < -0.4 is 5.73 Å². The predicted octanol–water partition coefficient (Wildman–Crippen LogP) is 1.85. The third-order valence-electron chi connectivity index (χ3n) is 3.64. The molecule has 1 heterocycles. The van der Waals surface area contributed by atoms with E-state index in [-0.39, 0.29) is 12.6 Å². The van der Waals surface area contributed by atoms with Gasteiger partial charge in [-0.25, -0.2) is 4.57 Å². The molecule has 27 heavy (non-hydrogen) atoms. The molecule has 1 aromatic heterocycles. The summed E-state index contributed by atoms with van der Waals surface area (Å²) in [5.74, 6) is -0.380. The Morgan fingerprint density at radius 3 is 2.33 bits per heavy atom. The topological polar surface area (TPSA) is 146 Å². The highest BCUT2D eigenvalue weighted by molar-refractivity contribution is 7.45. The number of phosphoric acid groups is 1. The summed E-state index contributed by atoms with van der Waals surface area (Å²) in [7, 11) is -4.64. The molecule has 0 amide bonds. The van der Waals surface area contributed by atoms with E-state index in [2.05, 4.69) is 4.98 Å². The fraction of sp³-hybridized carbons (Fsp3) is 0.167. The van der Waals surface area contributed by atoms with Gasteiger partial charge >= 0.3 is 13.8 Å². The van der Waals surface area contributed by atoms with E-state index >= 15 is 0 Å². The smallest absolute Gasteiger partial charge is 0.460 e. The minimum atomic E-state index is -4.64. The van der Waals surface area contributed by atoms with Crippen LogP contribution in [0.5, 0.6) is 0 Å². The number of hydrogen-bond acceptors (Lipinski definition) is 4. The normalized spacial score (nSPS) is 12.1. The number of para-hydroxylation sites is 1. The molecule has 144 valence electrons. The molecule has 0 unspecified atom stereocenters. The average Bonchev–Trinajstić information content (AvgIpc) is 3.02. The third-order valence-corrected chi connectivity index (χ3v) is 3.64. The van der Waals surface area contributed by atoms with Crippen molar-refractivity contribution in [1.82, 2.24) is 4.98 Å². The Balaban J connectivity index is 0.000000465. The molecule has 0 saturated carbocycles. The molecular weight excluding hydrogens is 371 g/mol. The first-order valence-electron chi connectivity index (χ1n) is 8.03. The van der Waals surface area contributed by atoms with Crippen LogP contribution in [0.25, 0.3) is 10.9 Å². The fourth-order valence-electron chi connectivity index (χ4n) is 2.46. The van der Waals surface area contributed by atoms with Crippen LogP contribution >= 0.6 is 7.82 Å². The highest BCUT2D eigenvalue weighted by atomic mass is 31.2. The Bertz CT molecular complexity index is 913. The first-order chi connectivity index (χ1) is 12.7. The largest absolute Gasteiger partial charge is 0.466 e. The van der Waals surface area contributed by atoms with E-state index in [4.69, 9.17) is 29.7 Å². The summed E-state index contributed by atoms with van der Waals surface area (Å²) in [6.45, 7) is 0.251. The van der Waals surface area contributed by atoms with Gasteiger partial charge in [0.05, 0.1) is 0 Å². The number of rotatable bonds is 5. The molecule has 0 aliphatic carbocycles. The molecule has 6 N–H and O–H groups in total. The fourth-order valence-corrected chi connectivity index (χ4v) is 2.46. The van der Waals surface area contributed by atoms with Gasteiger partial charge < -0.3 is 30.1 Å². The van der Waals surface area contributed by atoms with Gasteiger partial charge in [-0.2, -0.15) is 0 Å². The quantitative estimate of drug-likeness (QED) is 0.329. The number of ether oxygens (including phenoxy) is 1. The molecule has 3 aromatic rings. The summed E-state index contributed by atoms with van der Waals surface area (Å²) in [5.41, 5.74) is 9.00. The van der Waals surface area contributed by atoms with Gasteiger partial charge in [0, 0.05) is 23.5 Å². The Morgan fingerprint density at radius 2 is 1.67 bits per heavy atom. The number of carbonyl (C=O) groups excluding carboxylic acids is 1. The van der Waals surface area contributed by atoms with Crippen molar-refractivity contribution >= 4 is 24.7 Å². The lowest BCUT2D eigenvalue weighted by molar-refractivity contribution is -0.146. The maximum atomic E-state index is 12.0. The molecule has 1 atom stereocenters. The van der Waals surface area contributed by atoms with Gasteiger partial charge in [-0.3, -0.25) is 4.79 Å². The SMILES string of the molecule is N[C@@H](Cc1c[nH]c2ccccc12)C(=O)OCc1ccccc1.O=P(O)(O)O. The number of H-pyrrole nitrogens is 1. The molecule has 0 saturated heterocycles. The highest BCUT2D eigenvalue weighted by Crippen LogP contribution is 2.25. The first-order valence-corrected chi connectivity index (χ1v) is 9.60. The lowest BCUT2D eigenvalue weighted by atomic mass is 10.1. The minimum absolute atomic E-state index is 0.251. The first kappa shape index (κ1) is 20.8. The zero-order chi connectivity index (χ0) is 19.9. The van der Waals surface area contributed by atoms with Crippen molar-refractivity contribution in [3.63, 3.8) is 0 Å². The van der Waals surface area contributed by atoms with Crippen LogP contribution in [0.4, 0.5) is 0 Å². The van der Waals surface area contributed by atoms with Crippen molar-refractivity contribution in [2.24, 2.45) is 5.73 Å². The van der Waals surface area contributed by atoms with Crippen LogP contribution in [-0.2, 0) is 27.1 Å². The van der Waals surface area contributed by atoms with Crippen molar-refractivity contribution in [2.75, 3.05) is 0 Å². The van der Waals surface area contributed by atoms with Crippen molar-refractivity contribution in [1.29, 1.82) is 0 Å². The molecule has 2 aromatic carbocycles. The number of benzene rings is 2. The lowest BCUT2D eigenvalue weighted by Crippen LogP contribution is -2.34. The van der Waals surface area contributed by atoms with Crippen molar-refractivity contribution < 1.29 is 28.8 Å². The second kappa shape index (κ2) is 9.45. The summed E-state index contributed by atoms with van der Waals surface area (Å²) < 4.78 is 14.2. The third kappa shape index (κ3) is 7.34. The monoisotopic (exact) mass is 392 g/mol. The summed E-state index contributed by atoms with van der Waals surface area (Å²) in [4.78, 5) is 36.8. The minimum Gasteiger partial charge on any atom is -0.460 e. The number of aromatic nitrogens is 1. The van der Waals surface area contributed by atoms with Crippen molar-refractivity contribution in [3.05, 3.63) is 71.9 Å². The van der Waals surface area contributed by atoms with E-state index in [0.29, 0.717) is 6.42 Å². The number of nitrogens with two attached hydrogens (primary N) is 1. The van der Waals surface area contributed by atoms with Crippen LogP contribution in [0, 0.1) is 0 Å². The number of aromatic amines is 1. The molecular formula is C18H21N2O6P. The number of nitrogens with one attached hydrogen (secondary N) is 1. The highest BCUT2D eigenvalue weighted by Gasteiger charge is 2.17. The Hall–Kier alpha value is -2.48. The molecule has 0 spiro atoms. The van der Waals surface area contributed by atoms with Gasteiger partial charge in [0.2, 0.25) is 0 Å². The Kier molecular flexibility index (Phi) is 7.29. The van der Waals surface area contributed by atoms with Gasteiger partial charge in [0.15, 0.2) is 0 Å². The lowest BCUT2D eigenvalue weighted by Gasteiger charge is -2.11. The molecule has 8 nitrogen and oxygen atoms in total. The van der Waals surface area contributed by atoms with E-state index in [1.165, 1.54) is 0 Å². The Labute approximate surface area is 155 Å². The van der Waals surface area contributed by atoms with Gasteiger partial charge in [-0.15, -0.1) is 0 Å². The van der Waals surface area contributed by atoms with Gasteiger partial charge in [0.25, 0.3) is 0 Å². The molecule has 0 fully saturated rings. The number of esters is 1. The van der Waals surface area contributed by atoms with E-state index in [1.807, 2.05) is 60.8 Å². The summed E-state index contributed by atoms with van der Waals surface area (Å²) in [6.07, 6.45) is 2.35. The molecule has 9 heteroatoms. The van der Waals surface area contributed by atoms with Crippen LogP contribution in [-0.4, -0.2) is 31.7 Å². The van der Waals surface area contributed by atoms with Crippen LogP contribution in [0.15, 0.2) is 60.8 Å². The maximum absolute atomic E-state index is 12.0.